The van der Waals surface area contributed by atoms with Gasteiger partial charge in [-0.3, -0.25) is 9.59 Å². The number of hydrogen-bond acceptors (Lipinski definition) is 3. The summed E-state index contributed by atoms with van der Waals surface area (Å²) >= 11 is 2.39. The summed E-state index contributed by atoms with van der Waals surface area (Å²) in [4.78, 5) is 24.5. The lowest BCUT2D eigenvalue weighted by Crippen LogP contribution is -2.59. The van der Waals surface area contributed by atoms with Crippen LogP contribution >= 0.6 is 22.6 Å². The number of hydrogen-bond donors (Lipinski definition) is 2. The van der Waals surface area contributed by atoms with E-state index in [1.165, 1.54) is 11.8 Å². The quantitative estimate of drug-likeness (QED) is 0.526. The summed E-state index contributed by atoms with van der Waals surface area (Å²) < 4.78 is 0.477. The van der Waals surface area contributed by atoms with E-state index in [4.69, 9.17) is 0 Å². The van der Waals surface area contributed by atoms with E-state index in [2.05, 4.69) is 41.8 Å². The molecule has 1 saturated heterocycles. The number of amides is 2. The van der Waals surface area contributed by atoms with Crippen molar-refractivity contribution in [3.05, 3.63) is 0 Å². The molecule has 1 heterocycles. The molecule has 0 aromatic rings. The highest BCUT2D eigenvalue weighted by atomic mass is 127. The van der Waals surface area contributed by atoms with Crippen molar-refractivity contribution < 1.29 is 14.7 Å². The second kappa shape index (κ2) is 8.17. The van der Waals surface area contributed by atoms with Crippen molar-refractivity contribution in [3.8, 4) is 0 Å². The number of nitrogens with zero attached hydrogens (tertiary/aromatic N) is 1. The Morgan fingerprint density at radius 2 is 2.25 bits per heavy atom. The van der Waals surface area contributed by atoms with Gasteiger partial charge < -0.3 is 15.3 Å². The average Bonchev–Trinajstić information content (AvgIpc) is 2.37. The van der Waals surface area contributed by atoms with Crippen LogP contribution in [0.15, 0.2) is 0 Å². The van der Waals surface area contributed by atoms with Gasteiger partial charge in [0.15, 0.2) is 0 Å². The predicted molar refractivity (Wildman–Crippen MR) is 86.7 cm³/mol. The van der Waals surface area contributed by atoms with E-state index in [9.17, 15) is 14.7 Å². The van der Waals surface area contributed by atoms with Crippen LogP contribution in [0.5, 0.6) is 0 Å². The zero-order chi connectivity index (χ0) is 15.3. The van der Waals surface area contributed by atoms with Crippen LogP contribution in [-0.4, -0.2) is 51.0 Å². The van der Waals surface area contributed by atoms with E-state index in [-0.39, 0.29) is 24.4 Å². The Balaban J connectivity index is 2.62. The summed E-state index contributed by atoms with van der Waals surface area (Å²) in [6.07, 6.45) is 2.21. The second-order valence-corrected chi connectivity index (χ2v) is 7.57. The van der Waals surface area contributed by atoms with Crippen LogP contribution < -0.4 is 5.32 Å². The van der Waals surface area contributed by atoms with Crippen LogP contribution in [0.2, 0.25) is 0 Å². The maximum atomic E-state index is 11.6. The minimum absolute atomic E-state index is 0.0969. The molecule has 1 fully saturated rings. The van der Waals surface area contributed by atoms with Gasteiger partial charge in [-0.15, -0.1) is 0 Å². The van der Waals surface area contributed by atoms with Crippen molar-refractivity contribution >= 4 is 34.4 Å². The van der Waals surface area contributed by atoms with Gasteiger partial charge in [0.05, 0.1) is 18.7 Å². The largest absolute Gasteiger partial charge is 0.391 e. The number of aliphatic hydroxyl groups is 1. The van der Waals surface area contributed by atoms with Crippen molar-refractivity contribution in [3.63, 3.8) is 0 Å². The molecule has 2 amide bonds. The van der Waals surface area contributed by atoms with Crippen LogP contribution in [0.4, 0.5) is 0 Å². The van der Waals surface area contributed by atoms with Crippen LogP contribution in [0.25, 0.3) is 0 Å². The molecule has 6 heteroatoms. The average molecular weight is 396 g/mol. The Hall–Kier alpha value is -0.370. The first kappa shape index (κ1) is 17.7. The molecular formula is C14H25IN2O3. The third-order valence-electron chi connectivity index (χ3n) is 3.86. The Labute approximate surface area is 134 Å². The molecule has 0 aromatic heterocycles. The second-order valence-electron chi connectivity index (χ2n) is 5.60. The highest BCUT2D eigenvalue weighted by Crippen LogP contribution is 2.25. The van der Waals surface area contributed by atoms with Crippen LogP contribution in [-0.2, 0) is 9.59 Å². The fourth-order valence-electron chi connectivity index (χ4n) is 2.61. The molecule has 5 nitrogen and oxygen atoms in total. The molecule has 0 bridgehead atoms. The number of rotatable bonds is 6. The third-order valence-corrected chi connectivity index (χ3v) is 4.88. The third kappa shape index (κ3) is 5.20. The molecule has 1 aliphatic rings. The summed E-state index contributed by atoms with van der Waals surface area (Å²) in [5, 5.41) is 13.2. The summed E-state index contributed by atoms with van der Waals surface area (Å²) in [6.45, 7) is 6.23. The minimum Gasteiger partial charge on any atom is -0.391 e. The van der Waals surface area contributed by atoms with Gasteiger partial charge in [-0.25, -0.2) is 0 Å². The van der Waals surface area contributed by atoms with Crippen molar-refractivity contribution in [1.29, 1.82) is 0 Å². The number of halogens is 1. The van der Waals surface area contributed by atoms with Crippen LogP contribution in [0.1, 0.15) is 40.0 Å². The molecule has 0 aliphatic carbocycles. The zero-order valence-electron chi connectivity index (χ0n) is 12.4. The van der Waals surface area contributed by atoms with E-state index in [0.717, 1.165) is 12.8 Å². The number of alkyl halides is 1. The molecule has 0 saturated carbocycles. The van der Waals surface area contributed by atoms with Gasteiger partial charge in [-0.05, 0) is 18.8 Å². The molecule has 20 heavy (non-hydrogen) atoms. The first-order valence-corrected chi connectivity index (χ1v) is 8.46. The number of aliphatic hydroxyl groups excluding tert-OH is 1. The number of piperazine rings is 1. The molecule has 3 unspecified atom stereocenters. The number of nitrogens with one attached hydrogen (secondary N) is 1. The lowest BCUT2D eigenvalue weighted by molar-refractivity contribution is -0.139. The lowest BCUT2D eigenvalue weighted by atomic mass is 9.90. The van der Waals surface area contributed by atoms with Gasteiger partial charge in [0.2, 0.25) is 11.8 Å². The molecule has 0 aromatic carbocycles. The molecule has 0 spiro atoms. The fourth-order valence-corrected chi connectivity index (χ4v) is 3.26. The van der Waals surface area contributed by atoms with Crippen molar-refractivity contribution in [2.45, 2.75) is 56.1 Å². The topological polar surface area (TPSA) is 69.6 Å². The Kier molecular flexibility index (Phi) is 7.22. The monoisotopic (exact) mass is 396 g/mol. The van der Waals surface area contributed by atoms with Gasteiger partial charge >= 0.3 is 0 Å². The smallest absolute Gasteiger partial charge is 0.239 e. The maximum Gasteiger partial charge on any atom is 0.239 e. The van der Waals surface area contributed by atoms with E-state index in [0.29, 0.717) is 22.8 Å². The van der Waals surface area contributed by atoms with Gasteiger partial charge in [-0.1, -0.05) is 42.9 Å². The van der Waals surface area contributed by atoms with Crippen LogP contribution in [0.3, 0.4) is 0 Å². The summed E-state index contributed by atoms with van der Waals surface area (Å²) in [7, 11) is 0. The Bertz CT molecular complexity index is 349. The normalized spacial score (nSPS) is 23.9. The van der Waals surface area contributed by atoms with Gasteiger partial charge in [0.1, 0.15) is 0 Å². The van der Waals surface area contributed by atoms with Gasteiger partial charge in [-0.2, -0.15) is 0 Å². The highest BCUT2D eigenvalue weighted by Gasteiger charge is 2.32. The van der Waals surface area contributed by atoms with E-state index in [1.54, 1.807) is 0 Å². The SMILES string of the molecule is CCC[C@@H](CC(O)C1CN(C(C)=O)CC(=O)N1)C(C)I. The first-order valence-electron chi connectivity index (χ1n) is 7.22. The number of carbonyl (C=O) groups excluding carboxylic acids is 2. The lowest BCUT2D eigenvalue weighted by Gasteiger charge is -2.36. The highest BCUT2D eigenvalue weighted by molar-refractivity contribution is 14.1. The molecular weight excluding hydrogens is 371 g/mol. The summed E-state index contributed by atoms with van der Waals surface area (Å²) in [6, 6.07) is -0.352. The van der Waals surface area contributed by atoms with Crippen molar-refractivity contribution in [2.24, 2.45) is 5.92 Å². The maximum absolute atomic E-state index is 11.6. The standard InChI is InChI=1S/C14H25IN2O3/c1-4-5-11(9(2)15)6-13(19)12-7-17(10(3)18)8-14(20)16-12/h9,11-13,19H,4-8H2,1-3H3,(H,16,20)/t9?,11-,12?,13?/m0/s1. The minimum atomic E-state index is -0.602. The Morgan fingerprint density at radius 1 is 1.60 bits per heavy atom. The van der Waals surface area contributed by atoms with E-state index < -0.39 is 6.10 Å². The molecule has 1 aliphatic heterocycles. The van der Waals surface area contributed by atoms with E-state index in [1.807, 2.05) is 0 Å². The fraction of sp³-hybridized carbons (Fsp3) is 0.857. The predicted octanol–water partition coefficient (Wildman–Crippen LogP) is 1.32. The van der Waals surface area contributed by atoms with Crippen molar-refractivity contribution in [1.82, 2.24) is 10.2 Å². The van der Waals surface area contributed by atoms with E-state index >= 15 is 0 Å². The summed E-state index contributed by atoms with van der Waals surface area (Å²) in [5.74, 6) is 0.120. The first-order chi connectivity index (χ1) is 9.35. The van der Waals surface area contributed by atoms with Gasteiger partial charge in [0.25, 0.3) is 0 Å². The van der Waals surface area contributed by atoms with Crippen molar-refractivity contribution in [2.75, 3.05) is 13.1 Å². The van der Waals surface area contributed by atoms with Gasteiger partial charge in [0, 0.05) is 17.4 Å². The molecule has 1 rings (SSSR count). The van der Waals surface area contributed by atoms with Crippen LogP contribution in [0, 0.1) is 5.92 Å². The molecule has 2 N–H and O–H groups in total. The summed E-state index contributed by atoms with van der Waals surface area (Å²) in [5.41, 5.74) is 0. The zero-order valence-corrected chi connectivity index (χ0v) is 14.6. The number of carbonyl (C=O) groups is 2. The Morgan fingerprint density at radius 3 is 2.75 bits per heavy atom. The molecule has 116 valence electrons. The molecule has 4 atom stereocenters. The molecule has 0 radical (unpaired) electrons.